The van der Waals surface area contributed by atoms with Crippen LogP contribution < -0.4 is 4.74 Å². The van der Waals surface area contributed by atoms with Gasteiger partial charge < -0.3 is 9.84 Å². The highest BCUT2D eigenvalue weighted by atomic mass is 32.1. The molecule has 0 radical (unpaired) electrons. The highest BCUT2D eigenvalue weighted by Gasteiger charge is 2.25. The molecule has 4 aromatic rings. The maximum Gasteiger partial charge on any atom is 0.161 e. The number of methoxy groups -OCH3 is 1. The zero-order chi connectivity index (χ0) is 17.7. The Morgan fingerprint density at radius 2 is 1.81 bits per heavy atom. The largest absolute Gasteiger partial charge is 0.504 e. The van der Waals surface area contributed by atoms with Gasteiger partial charge >= 0.3 is 0 Å². The molecular weight excluding hydrogens is 344 g/mol. The number of H-pyrrole nitrogens is 1. The van der Waals surface area contributed by atoms with Crippen molar-refractivity contribution in [1.29, 1.82) is 0 Å². The number of phenols is 1. The van der Waals surface area contributed by atoms with Crippen LogP contribution in [0.2, 0.25) is 0 Å². The second-order valence-corrected chi connectivity index (χ2v) is 7.32. The molecule has 0 amide bonds. The number of ether oxygens (including phenoxy) is 1. The molecular formula is C21H16N2O2S. The van der Waals surface area contributed by atoms with Crippen LogP contribution in [0.4, 0.5) is 0 Å². The van der Waals surface area contributed by atoms with Crippen LogP contribution in [0.25, 0.3) is 33.6 Å². The molecule has 4 nitrogen and oxygen atoms in total. The van der Waals surface area contributed by atoms with Crippen molar-refractivity contribution in [2.45, 2.75) is 6.42 Å². The van der Waals surface area contributed by atoms with Gasteiger partial charge in [-0.25, -0.2) is 0 Å². The first-order chi connectivity index (χ1) is 12.7. The van der Waals surface area contributed by atoms with Gasteiger partial charge in [-0.3, -0.25) is 5.10 Å². The molecule has 0 bridgehead atoms. The summed E-state index contributed by atoms with van der Waals surface area (Å²) in [5.74, 6) is 0.621. The molecule has 0 atom stereocenters. The third kappa shape index (κ3) is 2.24. The molecule has 1 aliphatic rings. The lowest BCUT2D eigenvalue weighted by Crippen LogP contribution is -1.87. The summed E-state index contributed by atoms with van der Waals surface area (Å²) in [6.07, 6.45) is 0.949. The molecule has 0 saturated carbocycles. The van der Waals surface area contributed by atoms with Gasteiger partial charge in [0.15, 0.2) is 11.5 Å². The number of hydrogen-bond donors (Lipinski definition) is 2. The quantitative estimate of drug-likeness (QED) is 0.471. The Morgan fingerprint density at radius 1 is 1.04 bits per heavy atom. The van der Waals surface area contributed by atoms with E-state index in [-0.39, 0.29) is 5.75 Å². The Labute approximate surface area is 154 Å². The Bertz CT molecular complexity index is 1110. The zero-order valence-corrected chi connectivity index (χ0v) is 14.9. The first kappa shape index (κ1) is 15.2. The van der Waals surface area contributed by atoms with Crippen molar-refractivity contribution in [2.75, 3.05) is 7.11 Å². The van der Waals surface area contributed by atoms with E-state index >= 15 is 0 Å². The second kappa shape index (κ2) is 5.75. The second-order valence-electron chi connectivity index (χ2n) is 6.32. The maximum atomic E-state index is 9.76. The lowest BCUT2D eigenvalue weighted by Gasteiger charge is -2.08. The van der Waals surface area contributed by atoms with Crippen LogP contribution in [0.15, 0.2) is 53.9 Å². The molecule has 0 saturated heterocycles. The number of thiophene rings is 1. The van der Waals surface area contributed by atoms with E-state index in [9.17, 15) is 5.11 Å². The number of nitrogens with one attached hydrogen (secondary N) is 1. The van der Waals surface area contributed by atoms with Gasteiger partial charge in [0.25, 0.3) is 0 Å². The summed E-state index contributed by atoms with van der Waals surface area (Å²) in [4.78, 5) is 1.41. The maximum absolute atomic E-state index is 9.76. The minimum Gasteiger partial charge on any atom is -0.504 e. The van der Waals surface area contributed by atoms with Crippen LogP contribution in [-0.4, -0.2) is 22.4 Å². The molecule has 128 valence electrons. The molecule has 5 heteroatoms. The summed E-state index contributed by atoms with van der Waals surface area (Å²) < 4.78 is 5.20. The van der Waals surface area contributed by atoms with Gasteiger partial charge in [-0.1, -0.05) is 30.3 Å². The van der Waals surface area contributed by atoms with Crippen molar-refractivity contribution >= 4 is 11.3 Å². The van der Waals surface area contributed by atoms with Gasteiger partial charge in [0, 0.05) is 28.0 Å². The molecule has 5 rings (SSSR count). The number of nitrogens with zero attached hydrogens (tertiary/aromatic N) is 1. The lowest BCUT2D eigenvalue weighted by molar-refractivity contribution is 0.373. The summed E-state index contributed by atoms with van der Waals surface area (Å²) in [6, 6.07) is 15.9. The highest BCUT2D eigenvalue weighted by molar-refractivity contribution is 7.10. The summed E-state index contributed by atoms with van der Waals surface area (Å²) in [5, 5.41) is 19.7. The number of rotatable bonds is 3. The molecule has 2 aromatic carbocycles. The topological polar surface area (TPSA) is 58.1 Å². The molecule has 2 aromatic heterocycles. The van der Waals surface area contributed by atoms with Gasteiger partial charge in [0.1, 0.15) is 0 Å². The predicted octanol–water partition coefficient (Wildman–Crippen LogP) is 5.09. The lowest BCUT2D eigenvalue weighted by atomic mass is 10.0. The number of aromatic nitrogens is 2. The van der Waals surface area contributed by atoms with Crippen LogP contribution in [0.3, 0.4) is 0 Å². The first-order valence-corrected chi connectivity index (χ1v) is 9.24. The first-order valence-electron chi connectivity index (χ1n) is 8.36. The predicted molar refractivity (Wildman–Crippen MR) is 104 cm³/mol. The van der Waals surface area contributed by atoms with Crippen LogP contribution in [0.5, 0.6) is 11.5 Å². The molecule has 2 N–H and O–H groups in total. The number of aromatic hydroxyl groups is 1. The van der Waals surface area contributed by atoms with Gasteiger partial charge in [0.2, 0.25) is 0 Å². The van der Waals surface area contributed by atoms with E-state index in [0.29, 0.717) is 5.75 Å². The van der Waals surface area contributed by atoms with Crippen LogP contribution in [-0.2, 0) is 6.42 Å². The Balaban J connectivity index is 1.50. The van der Waals surface area contributed by atoms with E-state index in [2.05, 4.69) is 45.9 Å². The highest BCUT2D eigenvalue weighted by Crippen LogP contribution is 2.42. The van der Waals surface area contributed by atoms with E-state index < -0.39 is 0 Å². The molecule has 0 unspecified atom stereocenters. The van der Waals surface area contributed by atoms with Crippen molar-refractivity contribution in [3.05, 3.63) is 64.4 Å². The van der Waals surface area contributed by atoms with Crippen LogP contribution in [0, 0.1) is 0 Å². The van der Waals surface area contributed by atoms with E-state index in [1.807, 2.05) is 12.1 Å². The number of hydrogen-bond acceptors (Lipinski definition) is 4. The third-order valence-corrected chi connectivity index (χ3v) is 5.81. The molecule has 1 aliphatic carbocycles. The van der Waals surface area contributed by atoms with E-state index in [0.717, 1.165) is 34.5 Å². The Kier molecular flexibility index (Phi) is 3.36. The van der Waals surface area contributed by atoms with Crippen molar-refractivity contribution < 1.29 is 9.84 Å². The van der Waals surface area contributed by atoms with Crippen molar-refractivity contribution in [1.82, 2.24) is 10.2 Å². The number of benzene rings is 2. The van der Waals surface area contributed by atoms with E-state index in [1.165, 1.54) is 16.0 Å². The van der Waals surface area contributed by atoms with Crippen LogP contribution >= 0.6 is 11.3 Å². The standard InChI is InChI=1S/C21H16N2O2S/c1-25-18-10-14(6-7-17(18)24)12-2-4-13(5-3-12)20-16-11-19-15(8-9-26-19)21(16)23-22-20/h2-10,24H,11H2,1H3,(H,22,23). The Hall–Kier alpha value is -3.05. The average molecular weight is 360 g/mol. The fraction of sp³-hybridized carbons (Fsp3) is 0.0952. The smallest absolute Gasteiger partial charge is 0.161 e. The SMILES string of the molecule is COc1cc(-c2ccc(-c3n[nH]c4c3Cc3sccc3-4)cc2)ccc1O. The fourth-order valence-electron chi connectivity index (χ4n) is 3.54. The summed E-state index contributed by atoms with van der Waals surface area (Å²) in [5.41, 5.74) is 7.93. The summed E-state index contributed by atoms with van der Waals surface area (Å²) in [6.45, 7) is 0. The van der Waals surface area contributed by atoms with Crippen molar-refractivity contribution in [3.8, 4) is 45.1 Å². The van der Waals surface area contributed by atoms with E-state index in [4.69, 9.17) is 4.74 Å². The normalized spacial score (nSPS) is 12.0. The molecule has 0 spiro atoms. The average Bonchev–Trinajstić information content (AvgIpc) is 3.35. The van der Waals surface area contributed by atoms with Crippen molar-refractivity contribution in [3.63, 3.8) is 0 Å². The third-order valence-electron chi connectivity index (χ3n) is 4.89. The minimum absolute atomic E-state index is 0.146. The number of aromatic amines is 1. The molecule has 0 fully saturated rings. The summed E-state index contributed by atoms with van der Waals surface area (Å²) in [7, 11) is 1.55. The Morgan fingerprint density at radius 3 is 2.62 bits per heavy atom. The summed E-state index contributed by atoms with van der Waals surface area (Å²) >= 11 is 1.80. The molecule has 2 heterocycles. The van der Waals surface area contributed by atoms with E-state index in [1.54, 1.807) is 24.5 Å². The van der Waals surface area contributed by atoms with Gasteiger partial charge in [-0.15, -0.1) is 11.3 Å². The van der Waals surface area contributed by atoms with Crippen LogP contribution in [0.1, 0.15) is 10.4 Å². The van der Waals surface area contributed by atoms with Crippen molar-refractivity contribution in [2.24, 2.45) is 0 Å². The van der Waals surface area contributed by atoms with Gasteiger partial charge in [-0.2, -0.15) is 5.10 Å². The molecule has 26 heavy (non-hydrogen) atoms. The molecule has 0 aliphatic heterocycles. The number of fused-ring (bicyclic) bond motifs is 3. The zero-order valence-electron chi connectivity index (χ0n) is 14.1. The van der Waals surface area contributed by atoms with Gasteiger partial charge in [-0.05, 0) is 34.7 Å². The number of phenolic OH excluding ortho intramolecular Hbond substituents is 1. The minimum atomic E-state index is 0.146. The van der Waals surface area contributed by atoms with Gasteiger partial charge in [0.05, 0.1) is 18.5 Å². The fourth-order valence-corrected chi connectivity index (χ4v) is 4.43. The monoisotopic (exact) mass is 360 g/mol.